The van der Waals surface area contributed by atoms with Crippen molar-refractivity contribution in [2.24, 2.45) is 22.9 Å². The summed E-state index contributed by atoms with van der Waals surface area (Å²) in [6.45, 7) is 0. The molecule has 4 aliphatic rings. The van der Waals surface area contributed by atoms with E-state index >= 15 is 0 Å². The number of non-ortho nitro benzene ring substituents is 1. The second kappa shape index (κ2) is 6.96. The van der Waals surface area contributed by atoms with Crippen LogP contribution in [0, 0.1) is 27.9 Å². The first-order valence-electron chi connectivity index (χ1n) is 9.54. The van der Waals surface area contributed by atoms with Gasteiger partial charge in [-0.3, -0.25) is 10.1 Å². The minimum Gasteiger partial charge on any atom is -0.504 e. The van der Waals surface area contributed by atoms with E-state index < -0.39 is 11.0 Å². The number of aromatic hydroxyl groups is 1. The van der Waals surface area contributed by atoms with Gasteiger partial charge in [0.1, 0.15) is 0 Å². The molecule has 4 aliphatic carbocycles. The second-order valence-electron chi connectivity index (χ2n) is 8.36. The number of urea groups is 1. The Morgan fingerprint density at radius 1 is 1.29 bits per heavy atom. The van der Waals surface area contributed by atoms with Gasteiger partial charge in [-0.1, -0.05) is 0 Å². The van der Waals surface area contributed by atoms with Gasteiger partial charge in [0.2, 0.25) is 0 Å². The number of nitrogens with one attached hydrogen (secondary N) is 2. The van der Waals surface area contributed by atoms with Crippen molar-refractivity contribution in [3.8, 4) is 11.5 Å². The number of nitro benzene ring substituents is 1. The van der Waals surface area contributed by atoms with Crippen molar-refractivity contribution in [3.63, 3.8) is 0 Å². The molecule has 4 fully saturated rings. The Balaban J connectivity index is 1.42. The highest BCUT2D eigenvalue weighted by atomic mass is 16.6. The quantitative estimate of drug-likeness (QED) is 0.406. The number of phenols is 1. The van der Waals surface area contributed by atoms with E-state index in [0.717, 1.165) is 25.3 Å². The van der Waals surface area contributed by atoms with E-state index in [1.165, 1.54) is 38.7 Å². The zero-order chi connectivity index (χ0) is 19.9. The molecule has 9 nitrogen and oxygen atoms in total. The lowest BCUT2D eigenvalue weighted by Gasteiger charge is -2.56. The van der Waals surface area contributed by atoms with Crippen molar-refractivity contribution >= 4 is 17.9 Å². The number of rotatable bonds is 5. The minimum absolute atomic E-state index is 0.0336. The molecule has 28 heavy (non-hydrogen) atoms. The Kier molecular flexibility index (Phi) is 4.60. The fraction of sp³-hybridized carbons (Fsp3) is 0.579. The maximum atomic E-state index is 12.4. The largest absolute Gasteiger partial charge is 0.504 e. The van der Waals surface area contributed by atoms with Crippen LogP contribution in [0.1, 0.15) is 44.1 Å². The van der Waals surface area contributed by atoms with Gasteiger partial charge in [-0.25, -0.2) is 10.2 Å². The van der Waals surface area contributed by atoms with Gasteiger partial charge >= 0.3 is 6.03 Å². The van der Waals surface area contributed by atoms with Crippen molar-refractivity contribution in [1.29, 1.82) is 0 Å². The van der Waals surface area contributed by atoms with Crippen LogP contribution in [-0.4, -0.2) is 34.9 Å². The van der Waals surface area contributed by atoms with Gasteiger partial charge < -0.3 is 15.2 Å². The molecule has 0 heterocycles. The number of carbonyl (C=O) groups is 1. The molecule has 1 aromatic carbocycles. The molecule has 5 rings (SSSR count). The maximum absolute atomic E-state index is 12.4. The first kappa shape index (κ1) is 18.5. The average molecular weight is 388 g/mol. The molecule has 9 heteroatoms. The smallest absolute Gasteiger partial charge is 0.335 e. The van der Waals surface area contributed by atoms with Crippen molar-refractivity contribution in [2.45, 2.75) is 44.1 Å². The van der Waals surface area contributed by atoms with Crippen LogP contribution in [0.3, 0.4) is 0 Å². The standard InChI is InChI=1S/C19H24N4O5/c1-28-16-6-15(23(26)27)5-14(17(16)24)10-20-22-18(25)21-19-7-11-2-12(8-19)4-13(3-11)9-19/h5-6,10-13,24H,2-4,7-9H2,1H3,(H2,21,22,25)/b20-10+. The predicted octanol–water partition coefficient (Wildman–Crippen LogP) is 2.91. The molecule has 0 unspecified atom stereocenters. The van der Waals surface area contributed by atoms with E-state index in [1.54, 1.807) is 0 Å². The molecule has 0 aliphatic heterocycles. The zero-order valence-electron chi connectivity index (χ0n) is 15.7. The summed E-state index contributed by atoms with van der Waals surface area (Å²) in [6.07, 6.45) is 8.11. The summed E-state index contributed by atoms with van der Waals surface area (Å²) < 4.78 is 4.95. The van der Waals surface area contributed by atoms with Crippen LogP contribution in [0.5, 0.6) is 11.5 Å². The van der Waals surface area contributed by atoms with Crippen molar-refractivity contribution in [2.75, 3.05) is 7.11 Å². The van der Waals surface area contributed by atoms with Gasteiger partial charge in [-0.2, -0.15) is 5.10 Å². The molecule has 0 saturated heterocycles. The lowest BCUT2D eigenvalue weighted by molar-refractivity contribution is -0.385. The summed E-state index contributed by atoms with van der Waals surface area (Å²) in [7, 11) is 1.30. The Hall–Kier alpha value is -2.84. The fourth-order valence-electron chi connectivity index (χ4n) is 5.67. The van der Waals surface area contributed by atoms with Crippen molar-refractivity contribution in [1.82, 2.24) is 10.7 Å². The van der Waals surface area contributed by atoms with Crippen LogP contribution in [-0.2, 0) is 0 Å². The highest BCUT2D eigenvalue weighted by Gasteiger charge is 2.51. The number of hydrogen-bond acceptors (Lipinski definition) is 6. The number of hydrazone groups is 1. The van der Waals surface area contributed by atoms with E-state index in [1.807, 2.05) is 0 Å². The number of hydrogen-bond donors (Lipinski definition) is 3. The van der Waals surface area contributed by atoms with Gasteiger partial charge in [0, 0.05) is 17.2 Å². The summed E-state index contributed by atoms with van der Waals surface area (Å²) >= 11 is 0. The lowest BCUT2D eigenvalue weighted by Crippen LogP contribution is -2.61. The van der Waals surface area contributed by atoms with Gasteiger partial charge in [0.25, 0.3) is 5.69 Å². The monoisotopic (exact) mass is 388 g/mol. The highest BCUT2D eigenvalue weighted by molar-refractivity contribution is 5.87. The molecule has 0 atom stereocenters. The summed E-state index contributed by atoms with van der Waals surface area (Å²) in [5.41, 5.74) is 2.13. The average Bonchev–Trinajstić information content (AvgIpc) is 2.61. The van der Waals surface area contributed by atoms with Crippen molar-refractivity contribution in [3.05, 3.63) is 27.8 Å². The fourth-order valence-corrected chi connectivity index (χ4v) is 5.67. The maximum Gasteiger partial charge on any atom is 0.335 e. The van der Waals surface area contributed by atoms with E-state index in [0.29, 0.717) is 17.8 Å². The van der Waals surface area contributed by atoms with Crippen LogP contribution >= 0.6 is 0 Å². The number of nitrogens with zero attached hydrogens (tertiary/aromatic N) is 2. The first-order chi connectivity index (χ1) is 13.4. The highest BCUT2D eigenvalue weighted by Crippen LogP contribution is 2.55. The van der Waals surface area contributed by atoms with Gasteiger partial charge in [-0.15, -0.1) is 0 Å². The molecule has 150 valence electrons. The number of benzene rings is 1. The van der Waals surface area contributed by atoms with Crippen LogP contribution in [0.25, 0.3) is 0 Å². The Labute approximate surface area is 162 Å². The van der Waals surface area contributed by atoms with Gasteiger partial charge in [0.05, 0.1) is 24.3 Å². The number of phenolic OH excluding ortho intramolecular Hbond substituents is 1. The Morgan fingerprint density at radius 3 is 2.43 bits per heavy atom. The molecule has 0 radical (unpaired) electrons. The zero-order valence-corrected chi connectivity index (χ0v) is 15.7. The van der Waals surface area contributed by atoms with E-state index in [-0.39, 0.29) is 28.3 Å². The van der Waals surface area contributed by atoms with Crippen molar-refractivity contribution < 1.29 is 19.6 Å². The lowest BCUT2D eigenvalue weighted by atomic mass is 9.53. The third kappa shape index (κ3) is 3.48. The van der Waals surface area contributed by atoms with Crippen LogP contribution in [0.4, 0.5) is 10.5 Å². The number of carbonyl (C=O) groups excluding carboxylic acids is 1. The Bertz CT molecular complexity index is 803. The van der Waals surface area contributed by atoms with E-state index in [4.69, 9.17) is 4.74 Å². The van der Waals surface area contributed by atoms with Crippen LogP contribution in [0.15, 0.2) is 17.2 Å². The van der Waals surface area contributed by atoms with Crippen LogP contribution in [0.2, 0.25) is 0 Å². The number of nitro groups is 1. The van der Waals surface area contributed by atoms with E-state index in [2.05, 4.69) is 15.8 Å². The first-order valence-corrected chi connectivity index (χ1v) is 9.54. The summed E-state index contributed by atoms with van der Waals surface area (Å²) in [5.74, 6) is 1.83. The molecule has 0 aromatic heterocycles. The SMILES string of the molecule is COc1cc([N+](=O)[O-])cc(/C=N/NC(=O)NC23CC4CC(CC(C4)C2)C3)c1O. The normalized spacial score (nSPS) is 30.4. The molecule has 1 aromatic rings. The number of ether oxygens (including phenoxy) is 1. The third-order valence-corrected chi connectivity index (χ3v) is 6.31. The molecule has 4 bridgehead atoms. The predicted molar refractivity (Wildman–Crippen MR) is 101 cm³/mol. The molecular weight excluding hydrogens is 364 g/mol. The topological polar surface area (TPSA) is 126 Å². The third-order valence-electron chi connectivity index (χ3n) is 6.31. The van der Waals surface area contributed by atoms with Gasteiger partial charge in [0.15, 0.2) is 11.5 Å². The molecule has 0 spiro atoms. The summed E-state index contributed by atoms with van der Waals surface area (Å²) in [4.78, 5) is 22.8. The number of amides is 2. The summed E-state index contributed by atoms with van der Waals surface area (Å²) in [6, 6.07) is 1.90. The molecule has 2 amide bonds. The van der Waals surface area contributed by atoms with Gasteiger partial charge in [-0.05, 0) is 56.3 Å². The van der Waals surface area contributed by atoms with Crippen LogP contribution < -0.4 is 15.5 Å². The molecule has 4 saturated carbocycles. The second-order valence-corrected chi connectivity index (χ2v) is 8.36. The van der Waals surface area contributed by atoms with E-state index in [9.17, 15) is 20.0 Å². The molecular formula is C19H24N4O5. The Morgan fingerprint density at radius 2 is 1.89 bits per heavy atom. The molecule has 3 N–H and O–H groups in total. The summed E-state index contributed by atoms with van der Waals surface area (Å²) in [5, 5.41) is 28.1. The number of methoxy groups -OCH3 is 1. The minimum atomic E-state index is -0.591.